The van der Waals surface area contributed by atoms with Crippen LogP contribution in [0.15, 0.2) is 34.7 Å². The van der Waals surface area contributed by atoms with E-state index in [1.807, 2.05) is 37.1 Å². The van der Waals surface area contributed by atoms with Crippen LogP contribution in [0, 0.1) is 0 Å². The fraction of sp³-hybridized carbons (Fsp3) is 0.609. The number of benzene rings is 1. The number of likely N-dealkylation sites (N-methyl/N-ethyl adjacent to an activating group) is 1. The maximum Gasteiger partial charge on any atom is 0.240 e. The number of amides is 1. The van der Waals surface area contributed by atoms with Crippen LogP contribution in [0.1, 0.15) is 68.3 Å². The van der Waals surface area contributed by atoms with Gasteiger partial charge in [0.25, 0.3) is 0 Å². The number of aromatic nitrogens is 2. The highest BCUT2D eigenvalue weighted by atomic mass is 16.5. The molecule has 0 bridgehead atoms. The number of hydrogen-bond donors (Lipinski definition) is 0. The summed E-state index contributed by atoms with van der Waals surface area (Å²) in [6.45, 7) is 4.93. The van der Waals surface area contributed by atoms with Crippen molar-refractivity contribution in [1.82, 2.24) is 20.0 Å². The minimum Gasteiger partial charge on any atom is -0.423 e. The summed E-state index contributed by atoms with van der Waals surface area (Å²) in [7, 11) is 2.00. The molecule has 2 fully saturated rings. The number of carbonyl (C=O) groups excluding carboxylic acids is 1. The lowest BCUT2D eigenvalue weighted by Gasteiger charge is -2.37. The van der Waals surface area contributed by atoms with E-state index in [1.54, 1.807) is 0 Å². The zero-order valence-electron chi connectivity index (χ0n) is 18.0. The first kappa shape index (κ1) is 21.0. The van der Waals surface area contributed by atoms with Gasteiger partial charge in [0.05, 0.1) is 6.04 Å². The molecule has 7 heteroatoms. The van der Waals surface area contributed by atoms with Gasteiger partial charge in [0.15, 0.2) is 0 Å². The summed E-state index contributed by atoms with van der Waals surface area (Å²) in [6.07, 6.45) is 4.78. The van der Waals surface area contributed by atoms with Crippen molar-refractivity contribution in [3.05, 3.63) is 47.7 Å². The molecule has 1 aromatic carbocycles. The van der Waals surface area contributed by atoms with E-state index in [9.17, 15) is 4.79 Å². The van der Waals surface area contributed by atoms with Crippen LogP contribution in [0.3, 0.4) is 0 Å². The van der Waals surface area contributed by atoms with E-state index in [0.29, 0.717) is 11.8 Å². The molecule has 2 aliphatic heterocycles. The minimum absolute atomic E-state index is 0.125. The third kappa shape index (κ3) is 4.73. The number of carbonyl (C=O) groups is 1. The molecule has 7 nitrogen and oxygen atoms in total. The number of hydrogen-bond acceptors (Lipinski definition) is 6. The number of nitrogens with zero attached hydrogens (tertiary/aromatic N) is 4. The average Bonchev–Trinajstić information content (AvgIpc) is 3.29. The fourth-order valence-corrected chi connectivity index (χ4v) is 4.38. The summed E-state index contributed by atoms with van der Waals surface area (Å²) >= 11 is 0. The first-order valence-corrected chi connectivity index (χ1v) is 11.1. The van der Waals surface area contributed by atoms with E-state index in [-0.39, 0.29) is 23.9 Å². The average molecular weight is 413 g/mol. The summed E-state index contributed by atoms with van der Waals surface area (Å²) in [5.41, 5.74) is 1.20. The first-order chi connectivity index (χ1) is 14.6. The highest BCUT2D eigenvalue weighted by molar-refractivity contribution is 5.82. The van der Waals surface area contributed by atoms with Crippen LogP contribution in [-0.2, 0) is 16.1 Å². The molecule has 0 radical (unpaired) electrons. The van der Waals surface area contributed by atoms with Gasteiger partial charge < -0.3 is 14.1 Å². The smallest absolute Gasteiger partial charge is 0.240 e. The Morgan fingerprint density at radius 2 is 1.87 bits per heavy atom. The predicted octanol–water partition coefficient (Wildman–Crippen LogP) is 3.54. The van der Waals surface area contributed by atoms with Crippen molar-refractivity contribution in [2.24, 2.45) is 0 Å². The van der Waals surface area contributed by atoms with Crippen LogP contribution in [0.4, 0.5) is 0 Å². The van der Waals surface area contributed by atoms with Crippen LogP contribution in [0.2, 0.25) is 0 Å². The third-order valence-corrected chi connectivity index (χ3v) is 6.39. The Hall–Kier alpha value is -2.25. The molecule has 1 aromatic heterocycles. The molecule has 0 spiro atoms. The summed E-state index contributed by atoms with van der Waals surface area (Å²) in [4.78, 5) is 17.5. The lowest BCUT2D eigenvalue weighted by atomic mass is 10.00. The van der Waals surface area contributed by atoms with Gasteiger partial charge in [0.2, 0.25) is 17.7 Å². The van der Waals surface area contributed by atoms with Gasteiger partial charge in [-0.15, -0.1) is 10.2 Å². The fourth-order valence-electron chi connectivity index (χ4n) is 4.38. The van der Waals surface area contributed by atoms with Gasteiger partial charge in [-0.25, -0.2) is 0 Å². The maximum absolute atomic E-state index is 13.4. The van der Waals surface area contributed by atoms with Crippen LogP contribution >= 0.6 is 0 Å². The number of likely N-dealkylation sites (tertiary alicyclic amines) is 1. The quantitative estimate of drug-likeness (QED) is 0.723. The van der Waals surface area contributed by atoms with Crippen molar-refractivity contribution < 1.29 is 13.9 Å². The molecule has 1 amide bonds. The molecule has 2 saturated heterocycles. The second-order valence-electron chi connectivity index (χ2n) is 8.49. The van der Waals surface area contributed by atoms with E-state index in [2.05, 4.69) is 27.2 Å². The minimum atomic E-state index is -0.219. The molecule has 2 aromatic rings. The molecule has 0 unspecified atom stereocenters. The van der Waals surface area contributed by atoms with Gasteiger partial charge in [0.1, 0.15) is 6.04 Å². The van der Waals surface area contributed by atoms with Gasteiger partial charge in [-0.3, -0.25) is 9.69 Å². The van der Waals surface area contributed by atoms with Crippen molar-refractivity contribution in [1.29, 1.82) is 0 Å². The van der Waals surface area contributed by atoms with E-state index in [0.717, 1.165) is 58.4 Å². The van der Waals surface area contributed by atoms with Crippen LogP contribution in [0.25, 0.3) is 0 Å². The summed E-state index contributed by atoms with van der Waals surface area (Å²) in [5, 5.41) is 8.68. The Bertz CT molecular complexity index is 819. The third-order valence-electron chi connectivity index (χ3n) is 6.39. The predicted molar refractivity (Wildman–Crippen MR) is 113 cm³/mol. The van der Waals surface area contributed by atoms with Crippen molar-refractivity contribution >= 4 is 5.91 Å². The largest absolute Gasteiger partial charge is 0.423 e. The summed E-state index contributed by atoms with van der Waals surface area (Å²) in [5.74, 6) is 1.68. The van der Waals surface area contributed by atoms with Gasteiger partial charge in [-0.1, -0.05) is 30.3 Å². The van der Waals surface area contributed by atoms with Gasteiger partial charge >= 0.3 is 0 Å². The molecule has 2 aliphatic rings. The zero-order valence-corrected chi connectivity index (χ0v) is 18.0. The highest BCUT2D eigenvalue weighted by Crippen LogP contribution is 2.33. The Morgan fingerprint density at radius 3 is 2.63 bits per heavy atom. The van der Waals surface area contributed by atoms with E-state index < -0.39 is 0 Å². The van der Waals surface area contributed by atoms with E-state index in [4.69, 9.17) is 9.15 Å². The molecule has 162 valence electrons. The van der Waals surface area contributed by atoms with E-state index in [1.165, 1.54) is 5.56 Å². The topological polar surface area (TPSA) is 71.7 Å². The lowest BCUT2D eigenvalue weighted by molar-refractivity contribution is -0.140. The molecule has 0 N–H and O–H groups in total. The number of ether oxygens (including phenoxy) is 1. The van der Waals surface area contributed by atoms with E-state index >= 15 is 0 Å². The lowest BCUT2D eigenvalue weighted by Crippen LogP contribution is -2.48. The van der Waals surface area contributed by atoms with Crippen LogP contribution in [-0.4, -0.2) is 58.8 Å². The monoisotopic (exact) mass is 412 g/mol. The molecule has 2 atom stereocenters. The second kappa shape index (κ2) is 9.71. The Morgan fingerprint density at radius 1 is 1.13 bits per heavy atom. The van der Waals surface area contributed by atoms with Gasteiger partial charge in [-0.05, 0) is 51.6 Å². The Kier molecular flexibility index (Phi) is 6.79. The second-order valence-corrected chi connectivity index (χ2v) is 8.49. The van der Waals surface area contributed by atoms with Crippen molar-refractivity contribution in [2.45, 2.75) is 63.6 Å². The first-order valence-electron chi connectivity index (χ1n) is 11.1. The SMILES string of the molecule is C[C@@H](C(=O)N1CCCC[C@H]1c1nnc(C2CCOCC2)o1)N(C)Cc1ccccc1. The molecular weight excluding hydrogens is 380 g/mol. The molecule has 3 heterocycles. The Labute approximate surface area is 178 Å². The summed E-state index contributed by atoms with van der Waals surface area (Å²) in [6, 6.07) is 9.91. The van der Waals surface area contributed by atoms with Gasteiger partial charge in [0, 0.05) is 32.2 Å². The number of piperidine rings is 1. The Balaban J connectivity index is 1.45. The molecule has 0 saturated carbocycles. The molecule has 30 heavy (non-hydrogen) atoms. The summed E-state index contributed by atoms with van der Waals surface area (Å²) < 4.78 is 11.5. The normalized spacial score (nSPS) is 21.7. The molecule has 4 rings (SSSR count). The maximum atomic E-state index is 13.4. The molecular formula is C23H32N4O3. The van der Waals surface area contributed by atoms with Crippen molar-refractivity contribution in [3.63, 3.8) is 0 Å². The van der Waals surface area contributed by atoms with Gasteiger partial charge in [-0.2, -0.15) is 0 Å². The van der Waals surface area contributed by atoms with Crippen molar-refractivity contribution in [3.8, 4) is 0 Å². The van der Waals surface area contributed by atoms with Crippen LogP contribution < -0.4 is 0 Å². The molecule has 0 aliphatic carbocycles. The number of rotatable bonds is 6. The standard InChI is InChI=1S/C23H32N4O3/c1-17(26(2)16-18-8-4-3-5-9-18)23(28)27-13-7-6-10-20(27)22-25-24-21(30-22)19-11-14-29-15-12-19/h3-5,8-9,17,19-20H,6-7,10-16H2,1-2H3/t17-,20-/m0/s1. The zero-order chi connectivity index (χ0) is 20.9. The van der Waals surface area contributed by atoms with Crippen LogP contribution in [0.5, 0.6) is 0 Å². The highest BCUT2D eigenvalue weighted by Gasteiger charge is 2.35. The van der Waals surface area contributed by atoms with Crippen molar-refractivity contribution in [2.75, 3.05) is 26.8 Å².